The average Bonchev–Trinajstić information content (AvgIpc) is 2.26. The lowest BCUT2D eigenvalue weighted by Gasteiger charge is -2.20. The van der Waals surface area contributed by atoms with E-state index in [1.807, 2.05) is 20.8 Å². The fourth-order valence-corrected chi connectivity index (χ4v) is 1.24. The first-order valence-corrected chi connectivity index (χ1v) is 5.66. The standard InChI is InChI=1S/C12H22O4/c1-5-11(13)16-9-10(4)8-12(14-6-2)15-7-3/h5,10,12H,1,6-9H2,2-4H3. The van der Waals surface area contributed by atoms with Crippen LogP contribution in [0.3, 0.4) is 0 Å². The summed E-state index contributed by atoms with van der Waals surface area (Å²) in [5, 5.41) is 0. The zero-order valence-corrected chi connectivity index (χ0v) is 10.4. The van der Waals surface area contributed by atoms with Crippen LogP contribution < -0.4 is 0 Å². The maximum Gasteiger partial charge on any atom is 0.330 e. The van der Waals surface area contributed by atoms with E-state index >= 15 is 0 Å². The van der Waals surface area contributed by atoms with Gasteiger partial charge >= 0.3 is 5.97 Å². The molecule has 0 spiro atoms. The zero-order chi connectivity index (χ0) is 12.4. The van der Waals surface area contributed by atoms with E-state index in [9.17, 15) is 4.79 Å². The van der Waals surface area contributed by atoms with Gasteiger partial charge in [0.1, 0.15) is 0 Å². The normalized spacial score (nSPS) is 12.5. The number of hydrogen-bond donors (Lipinski definition) is 0. The van der Waals surface area contributed by atoms with E-state index < -0.39 is 5.97 Å². The summed E-state index contributed by atoms with van der Waals surface area (Å²) in [5.41, 5.74) is 0. The van der Waals surface area contributed by atoms with Crippen LogP contribution in [0.2, 0.25) is 0 Å². The van der Waals surface area contributed by atoms with Crippen molar-refractivity contribution in [3.05, 3.63) is 12.7 Å². The predicted molar refractivity (Wildman–Crippen MR) is 62.0 cm³/mol. The van der Waals surface area contributed by atoms with Crippen molar-refractivity contribution in [2.45, 2.75) is 33.5 Å². The largest absolute Gasteiger partial charge is 0.462 e. The molecule has 1 atom stereocenters. The molecule has 0 amide bonds. The Hall–Kier alpha value is -0.870. The summed E-state index contributed by atoms with van der Waals surface area (Å²) in [4.78, 5) is 10.9. The molecule has 0 saturated heterocycles. The maximum atomic E-state index is 10.9. The molecule has 0 rings (SSSR count). The minimum absolute atomic E-state index is 0.201. The molecule has 0 aliphatic heterocycles. The molecule has 4 nitrogen and oxygen atoms in total. The van der Waals surface area contributed by atoms with Crippen LogP contribution >= 0.6 is 0 Å². The predicted octanol–water partition coefficient (Wildman–Crippen LogP) is 2.14. The summed E-state index contributed by atoms with van der Waals surface area (Å²) in [7, 11) is 0. The lowest BCUT2D eigenvalue weighted by Crippen LogP contribution is -2.22. The molecular weight excluding hydrogens is 208 g/mol. The van der Waals surface area contributed by atoms with Crippen molar-refractivity contribution in [2.24, 2.45) is 5.92 Å². The monoisotopic (exact) mass is 230 g/mol. The van der Waals surface area contributed by atoms with Gasteiger partial charge in [0, 0.05) is 25.7 Å². The topological polar surface area (TPSA) is 44.8 Å². The van der Waals surface area contributed by atoms with Crippen LogP contribution in [0.4, 0.5) is 0 Å². The third-order valence-electron chi connectivity index (χ3n) is 1.98. The van der Waals surface area contributed by atoms with Crippen LogP contribution in [0.5, 0.6) is 0 Å². The van der Waals surface area contributed by atoms with Crippen molar-refractivity contribution in [2.75, 3.05) is 19.8 Å². The van der Waals surface area contributed by atoms with Gasteiger partial charge in [0.15, 0.2) is 6.29 Å². The van der Waals surface area contributed by atoms with Crippen molar-refractivity contribution in [3.63, 3.8) is 0 Å². The van der Waals surface area contributed by atoms with Crippen LogP contribution in [0.25, 0.3) is 0 Å². The van der Waals surface area contributed by atoms with Gasteiger partial charge in [-0.1, -0.05) is 13.5 Å². The van der Waals surface area contributed by atoms with Crippen molar-refractivity contribution in [1.82, 2.24) is 0 Å². The van der Waals surface area contributed by atoms with Gasteiger partial charge < -0.3 is 14.2 Å². The molecule has 0 aromatic heterocycles. The molecule has 0 saturated carbocycles. The van der Waals surface area contributed by atoms with Crippen molar-refractivity contribution in [1.29, 1.82) is 0 Å². The summed E-state index contributed by atoms with van der Waals surface area (Å²) in [5.74, 6) is -0.191. The van der Waals surface area contributed by atoms with Gasteiger partial charge in [0.05, 0.1) is 6.61 Å². The first-order valence-electron chi connectivity index (χ1n) is 5.66. The highest BCUT2D eigenvalue weighted by Crippen LogP contribution is 2.11. The Morgan fingerprint density at radius 3 is 2.31 bits per heavy atom. The van der Waals surface area contributed by atoms with Gasteiger partial charge in [0.2, 0.25) is 0 Å². The summed E-state index contributed by atoms with van der Waals surface area (Å²) in [6.45, 7) is 10.8. The maximum absolute atomic E-state index is 10.9. The SMILES string of the molecule is C=CC(=O)OCC(C)CC(OCC)OCC. The molecular formula is C12H22O4. The van der Waals surface area contributed by atoms with E-state index in [0.717, 1.165) is 6.08 Å². The van der Waals surface area contributed by atoms with E-state index in [1.54, 1.807) is 0 Å². The number of carbonyl (C=O) groups is 1. The van der Waals surface area contributed by atoms with Gasteiger partial charge in [-0.2, -0.15) is 0 Å². The highest BCUT2D eigenvalue weighted by Gasteiger charge is 2.14. The van der Waals surface area contributed by atoms with Crippen molar-refractivity contribution < 1.29 is 19.0 Å². The number of esters is 1. The molecule has 4 heteroatoms. The van der Waals surface area contributed by atoms with Gasteiger partial charge in [-0.25, -0.2) is 4.79 Å². The Bertz CT molecular complexity index is 197. The minimum Gasteiger partial charge on any atom is -0.462 e. The fraction of sp³-hybridized carbons (Fsp3) is 0.750. The smallest absolute Gasteiger partial charge is 0.330 e. The quantitative estimate of drug-likeness (QED) is 0.346. The highest BCUT2D eigenvalue weighted by atomic mass is 16.7. The molecule has 0 N–H and O–H groups in total. The second-order valence-corrected chi connectivity index (χ2v) is 3.52. The van der Waals surface area contributed by atoms with Crippen molar-refractivity contribution in [3.8, 4) is 0 Å². The summed E-state index contributed by atoms with van der Waals surface area (Å²) < 4.78 is 15.7. The van der Waals surface area contributed by atoms with E-state index in [2.05, 4.69) is 6.58 Å². The first kappa shape index (κ1) is 15.1. The third kappa shape index (κ3) is 7.43. The number of carbonyl (C=O) groups excluding carboxylic acids is 1. The number of hydrogen-bond acceptors (Lipinski definition) is 4. The van der Waals surface area contributed by atoms with Crippen LogP contribution in [0, 0.1) is 5.92 Å². The van der Waals surface area contributed by atoms with Crippen LogP contribution in [-0.4, -0.2) is 32.1 Å². The zero-order valence-electron chi connectivity index (χ0n) is 10.4. The second kappa shape index (κ2) is 9.36. The summed E-state index contributed by atoms with van der Waals surface area (Å²) in [6.07, 6.45) is 1.66. The molecule has 16 heavy (non-hydrogen) atoms. The molecule has 0 fully saturated rings. The molecule has 0 radical (unpaired) electrons. The van der Waals surface area contributed by atoms with Gasteiger partial charge in [-0.15, -0.1) is 0 Å². The Morgan fingerprint density at radius 1 is 1.31 bits per heavy atom. The summed E-state index contributed by atoms with van der Waals surface area (Å²) >= 11 is 0. The molecule has 0 aromatic carbocycles. The Labute approximate surface area is 97.6 Å². The third-order valence-corrected chi connectivity index (χ3v) is 1.98. The van der Waals surface area contributed by atoms with Crippen LogP contribution in [0.15, 0.2) is 12.7 Å². The van der Waals surface area contributed by atoms with E-state index in [4.69, 9.17) is 14.2 Å². The average molecular weight is 230 g/mol. The van der Waals surface area contributed by atoms with Crippen LogP contribution in [-0.2, 0) is 19.0 Å². The van der Waals surface area contributed by atoms with Gasteiger partial charge in [-0.3, -0.25) is 0 Å². The minimum atomic E-state index is -0.392. The molecule has 0 aliphatic rings. The van der Waals surface area contributed by atoms with E-state index in [0.29, 0.717) is 26.2 Å². The Morgan fingerprint density at radius 2 is 1.88 bits per heavy atom. The second-order valence-electron chi connectivity index (χ2n) is 3.52. The molecule has 1 unspecified atom stereocenters. The molecule has 0 heterocycles. The van der Waals surface area contributed by atoms with Gasteiger partial charge in [0.25, 0.3) is 0 Å². The number of ether oxygens (including phenoxy) is 3. The molecule has 0 bridgehead atoms. The van der Waals surface area contributed by atoms with Crippen molar-refractivity contribution >= 4 is 5.97 Å². The molecule has 94 valence electrons. The van der Waals surface area contributed by atoms with E-state index in [-0.39, 0.29) is 12.2 Å². The lowest BCUT2D eigenvalue weighted by molar-refractivity contribution is -0.153. The highest BCUT2D eigenvalue weighted by molar-refractivity contribution is 5.81. The fourth-order valence-electron chi connectivity index (χ4n) is 1.24. The summed E-state index contributed by atoms with van der Waals surface area (Å²) in [6, 6.07) is 0. The van der Waals surface area contributed by atoms with E-state index in [1.165, 1.54) is 0 Å². The van der Waals surface area contributed by atoms with Crippen LogP contribution in [0.1, 0.15) is 27.2 Å². The number of rotatable bonds is 9. The Kier molecular flexibility index (Phi) is 8.85. The first-order chi connectivity index (χ1) is 7.63. The Balaban J connectivity index is 3.83. The molecule has 0 aromatic rings. The molecule has 0 aliphatic carbocycles. The van der Waals surface area contributed by atoms with Gasteiger partial charge in [-0.05, 0) is 19.8 Å². The lowest BCUT2D eigenvalue weighted by atomic mass is 10.1.